The number of nitrogens with two attached hydrogens (primary N) is 1. The molecule has 0 bridgehead atoms. The molecule has 2 heteroatoms. The van der Waals surface area contributed by atoms with Crippen LogP contribution in [0.15, 0.2) is 24.3 Å². The van der Waals surface area contributed by atoms with Gasteiger partial charge in [0.1, 0.15) is 0 Å². The third-order valence-corrected chi connectivity index (χ3v) is 3.68. The molecule has 1 aromatic carbocycles. The Kier molecular flexibility index (Phi) is 4.57. The van der Waals surface area contributed by atoms with Crippen LogP contribution in [0.5, 0.6) is 0 Å². The molecule has 0 aromatic heterocycles. The topological polar surface area (TPSA) is 29.3 Å². The molecule has 2 N–H and O–H groups in total. The van der Waals surface area contributed by atoms with Crippen LogP contribution in [0.1, 0.15) is 30.9 Å². The first-order valence-electron chi connectivity index (χ1n) is 6.79. The molecular formula is C15H24N2. The average Bonchev–Trinajstić information content (AvgIpc) is 2.36. The van der Waals surface area contributed by atoms with Gasteiger partial charge in [0.2, 0.25) is 0 Å². The van der Waals surface area contributed by atoms with Crippen molar-refractivity contribution in [3.63, 3.8) is 0 Å². The molecule has 2 nitrogen and oxygen atoms in total. The quantitative estimate of drug-likeness (QED) is 0.845. The molecule has 0 saturated heterocycles. The second-order valence-corrected chi connectivity index (χ2v) is 5.29. The Morgan fingerprint density at radius 2 is 2.06 bits per heavy atom. The van der Waals surface area contributed by atoms with Gasteiger partial charge in [-0.25, -0.2) is 0 Å². The Morgan fingerprint density at radius 1 is 1.29 bits per heavy atom. The molecule has 0 saturated carbocycles. The molecule has 0 fully saturated rings. The van der Waals surface area contributed by atoms with E-state index in [4.69, 9.17) is 5.73 Å². The molecular weight excluding hydrogens is 208 g/mol. The molecule has 1 aromatic rings. The van der Waals surface area contributed by atoms with Crippen molar-refractivity contribution in [3.8, 4) is 0 Å². The van der Waals surface area contributed by atoms with Crippen LogP contribution in [0.25, 0.3) is 0 Å². The number of hydrogen-bond acceptors (Lipinski definition) is 2. The van der Waals surface area contributed by atoms with Gasteiger partial charge in [-0.05, 0) is 42.9 Å². The summed E-state index contributed by atoms with van der Waals surface area (Å²) in [6.45, 7) is 6.73. The fraction of sp³-hybridized carbons (Fsp3) is 0.600. The molecule has 17 heavy (non-hydrogen) atoms. The molecule has 0 radical (unpaired) electrons. The predicted octanol–water partition coefficient (Wildman–Crippen LogP) is 2.42. The Bertz CT molecular complexity index is 349. The molecule has 94 valence electrons. The highest BCUT2D eigenvalue weighted by molar-refractivity contribution is 5.28. The summed E-state index contributed by atoms with van der Waals surface area (Å²) in [6, 6.07) is 8.84. The van der Waals surface area contributed by atoms with Crippen molar-refractivity contribution in [1.29, 1.82) is 0 Å². The summed E-state index contributed by atoms with van der Waals surface area (Å²) in [7, 11) is 0. The first kappa shape index (κ1) is 12.6. The summed E-state index contributed by atoms with van der Waals surface area (Å²) < 4.78 is 0. The van der Waals surface area contributed by atoms with E-state index in [1.807, 2.05) is 0 Å². The molecule has 1 aliphatic heterocycles. The molecule has 0 spiro atoms. The molecule has 0 aliphatic carbocycles. The number of benzene rings is 1. The summed E-state index contributed by atoms with van der Waals surface area (Å²) in [6.07, 6.45) is 3.63. The lowest BCUT2D eigenvalue weighted by Crippen LogP contribution is -2.34. The highest BCUT2D eigenvalue weighted by Gasteiger charge is 2.17. The monoisotopic (exact) mass is 232 g/mol. The van der Waals surface area contributed by atoms with Crippen LogP contribution in [0.3, 0.4) is 0 Å². The van der Waals surface area contributed by atoms with Crippen molar-refractivity contribution in [1.82, 2.24) is 4.90 Å². The van der Waals surface area contributed by atoms with Crippen molar-refractivity contribution >= 4 is 0 Å². The Balaban J connectivity index is 1.85. The second-order valence-electron chi connectivity index (χ2n) is 5.29. The maximum atomic E-state index is 5.56. The summed E-state index contributed by atoms with van der Waals surface area (Å²) in [4.78, 5) is 2.59. The van der Waals surface area contributed by atoms with Crippen LogP contribution in [-0.4, -0.2) is 24.5 Å². The van der Waals surface area contributed by atoms with Gasteiger partial charge in [-0.1, -0.05) is 31.2 Å². The Morgan fingerprint density at radius 3 is 2.82 bits per heavy atom. The van der Waals surface area contributed by atoms with Crippen LogP contribution in [0.2, 0.25) is 0 Å². The van der Waals surface area contributed by atoms with Crippen molar-refractivity contribution in [2.75, 3.05) is 19.6 Å². The van der Waals surface area contributed by atoms with E-state index >= 15 is 0 Å². The summed E-state index contributed by atoms with van der Waals surface area (Å²) in [5.74, 6) is 0.767. The SMILES string of the molecule is CC(CCCN)CN1CCc2ccccc2C1. The van der Waals surface area contributed by atoms with E-state index in [0.717, 1.165) is 25.4 Å². The highest BCUT2D eigenvalue weighted by atomic mass is 15.1. The van der Waals surface area contributed by atoms with E-state index in [0.29, 0.717) is 0 Å². The summed E-state index contributed by atoms with van der Waals surface area (Å²) >= 11 is 0. The minimum atomic E-state index is 0.767. The lowest BCUT2D eigenvalue weighted by Gasteiger charge is -2.30. The maximum absolute atomic E-state index is 5.56. The first-order chi connectivity index (χ1) is 8.29. The number of nitrogens with zero attached hydrogens (tertiary/aromatic N) is 1. The predicted molar refractivity (Wildman–Crippen MR) is 72.9 cm³/mol. The fourth-order valence-electron chi connectivity index (χ4n) is 2.71. The number of rotatable bonds is 5. The zero-order valence-corrected chi connectivity index (χ0v) is 10.9. The lowest BCUT2D eigenvalue weighted by molar-refractivity contribution is 0.214. The standard InChI is InChI=1S/C15H24N2/c1-13(5-4-9-16)11-17-10-8-14-6-2-3-7-15(14)12-17/h2-3,6-7,13H,4-5,8-12,16H2,1H3. The molecule has 2 rings (SSSR count). The van der Waals surface area contributed by atoms with Gasteiger partial charge < -0.3 is 5.73 Å². The van der Waals surface area contributed by atoms with E-state index in [1.165, 1.54) is 31.5 Å². The second kappa shape index (κ2) is 6.18. The lowest BCUT2D eigenvalue weighted by atomic mass is 9.98. The van der Waals surface area contributed by atoms with Gasteiger partial charge in [0.15, 0.2) is 0 Å². The number of hydrogen-bond donors (Lipinski definition) is 1. The van der Waals surface area contributed by atoms with E-state index < -0.39 is 0 Å². The van der Waals surface area contributed by atoms with Gasteiger partial charge in [0.05, 0.1) is 0 Å². The molecule has 1 atom stereocenters. The van der Waals surface area contributed by atoms with Crippen LogP contribution in [0.4, 0.5) is 0 Å². The largest absolute Gasteiger partial charge is 0.330 e. The van der Waals surface area contributed by atoms with Crippen LogP contribution in [-0.2, 0) is 13.0 Å². The van der Waals surface area contributed by atoms with Crippen molar-refractivity contribution in [3.05, 3.63) is 35.4 Å². The third kappa shape index (κ3) is 3.55. The summed E-state index contributed by atoms with van der Waals surface area (Å²) in [5, 5.41) is 0. The third-order valence-electron chi connectivity index (χ3n) is 3.68. The minimum Gasteiger partial charge on any atom is -0.330 e. The minimum absolute atomic E-state index is 0.767. The van der Waals surface area contributed by atoms with Crippen molar-refractivity contribution in [2.45, 2.75) is 32.7 Å². The van der Waals surface area contributed by atoms with Crippen LogP contribution in [0, 0.1) is 5.92 Å². The van der Waals surface area contributed by atoms with E-state index in [-0.39, 0.29) is 0 Å². The Labute approximate surface area is 105 Å². The zero-order chi connectivity index (χ0) is 12.1. The normalized spacial score (nSPS) is 17.8. The van der Waals surface area contributed by atoms with Crippen molar-refractivity contribution in [2.24, 2.45) is 11.7 Å². The van der Waals surface area contributed by atoms with Gasteiger partial charge in [-0.15, -0.1) is 0 Å². The highest BCUT2D eigenvalue weighted by Crippen LogP contribution is 2.20. The Hall–Kier alpha value is -0.860. The van der Waals surface area contributed by atoms with Gasteiger partial charge in [-0.2, -0.15) is 0 Å². The van der Waals surface area contributed by atoms with E-state index in [9.17, 15) is 0 Å². The average molecular weight is 232 g/mol. The fourth-order valence-corrected chi connectivity index (χ4v) is 2.71. The molecule has 1 aliphatic rings. The maximum Gasteiger partial charge on any atom is 0.0236 e. The van der Waals surface area contributed by atoms with E-state index in [1.54, 1.807) is 5.56 Å². The number of fused-ring (bicyclic) bond motifs is 1. The molecule has 1 unspecified atom stereocenters. The molecule has 0 amide bonds. The van der Waals surface area contributed by atoms with Gasteiger partial charge >= 0.3 is 0 Å². The molecule has 1 heterocycles. The van der Waals surface area contributed by atoms with Gasteiger partial charge in [0, 0.05) is 19.6 Å². The van der Waals surface area contributed by atoms with Crippen LogP contribution >= 0.6 is 0 Å². The van der Waals surface area contributed by atoms with Crippen LogP contribution < -0.4 is 5.73 Å². The van der Waals surface area contributed by atoms with E-state index in [2.05, 4.69) is 36.1 Å². The first-order valence-corrected chi connectivity index (χ1v) is 6.79. The zero-order valence-electron chi connectivity index (χ0n) is 10.9. The van der Waals surface area contributed by atoms with Crippen molar-refractivity contribution < 1.29 is 0 Å². The summed E-state index contributed by atoms with van der Waals surface area (Å²) in [5.41, 5.74) is 8.62. The van der Waals surface area contributed by atoms with Gasteiger partial charge in [-0.3, -0.25) is 4.90 Å². The van der Waals surface area contributed by atoms with Gasteiger partial charge in [0.25, 0.3) is 0 Å². The smallest absolute Gasteiger partial charge is 0.0236 e.